The van der Waals surface area contributed by atoms with E-state index in [9.17, 15) is 19.2 Å². The zero-order valence-corrected chi connectivity index (χ0v) is 10.3. The molecule has 6 nitrogen and oxygen atoms in total. The average Bonchev–Trinajstić information content (AvgIpc) is 2.66. The second-order valence-corrected chi connectivity index (χ2v) is 3.77. The molecule has 1 rings (SSSR count). The number of Topliss-reactive ketones (excluding diaryl/α,β-unsaturated/α-hetero) is 1. The van der Waals surface area contributed by atoms with Gasteiger partial charge in [0, 0.05) is 12.2 Å². The van der Waals surface area contributed by atoms with Gasteiger partial charge in [0.1, 0.15) is 6.04 Å². The maximum absolute atomic E-state index is 11.9. The molecule has 0 aromatic heterocycles. The van der Waals surface area contributed by atoms with E-state index in [4.69, 9.17) is 0 Å². The summed E-state index contributed by atoms with van der Waals surface area (Å²) in [7, 11) is 0. The molecule has 0 fully saturated rings. The van der Waals surface area contributed by atoms with E-state index in [1.165, 1.54) is 0 Å². The Labute approximate surface area is 105 Å². The van der Waals surface area contributed by atoms with Crippen molar-refractivity contribution in [1.29, 1.82) is 0 Å². The topological polar surface area (TPSA) is 80.8 Å². The fourth-order valence-electron chi connectivity index (χ4n) is 1.71. The molecule has 2 amide bonds. The number of esters is 1. The Kier molecular flexibility index (Phi) is 4.76. The van der Waals surface area contributed by atoms with Crippen LogP contribution in [0.4, 0.5) is 0 Å². The third-order valence-corrected chi connectivity index (χ3v) is 2.50. The molecule has 0 aromatic rings. The first kappa shape index (κ1) is 14.1. The fraction of sp³-hybridized carbons (Fsp3) is 0.500. The van der Waals surface area contributed by atoms with Crippen molar-refractivity contribution in [2.75, 3.05) is 6.61 Å². The van der Waals surface area contributed by atoms with Crippen molar-refractivity contribution < 1.29 is 23.9 Å². The Hall–Kier alpha value is -1.98. The highest BCUT2D eigenvalue weighted by molar-refractivity contribution is 6.37. The van der Waals surface area contributed by atoms with Gasteiger partial charge in [-0.3, -0.25) is 19.3 Å². The number of nitrogens with zero attached hydrogens (tertiary/aromatic N) is 1. The average molecular weight is 253 g/mol. The summed E-state index contributed by atoms with van der Waals surface area (Å²) in [5, 5.41) is 0. The highest BCUT2D eigenvalue weighted by Crippen LogP contribution is 2.15. The summed E-state index contributed by atoms with van der Waals surface area (Å²) in [5.74, 6) is -3.01. The lowest BCUT2D eigenvalue weighted by molar-refractivity contribution is -0.158. The molecule has 98 valence electrons. The van der Waals surface area contributed by atoms with Crippen LogP contribution < -0.4 is 0 Å². The summed E-state index contributed by atoms with van der Waals surface area (Å²) >= 11 is 0. The Morgan fingerprint density at radius 1 is 1.22 bits per heavy atom. The van der Waals surface area contributed by atoms with Crippen LogP contribution in [0.25, 0.3) is 0 Å². The molecule has 0 spiro atoms. The highest BCUT2D eigenvalue weighted by atomic mass is 16.5. The van der Waals surface area contributed by atoms with Gasteiger partial charge >= 0.3 is 5.97 Å². The van der Waals surface area contributed by atoms with Crippen LogP contribution in [0.3, 0.4) is 0 Å². The van der Waals surface area contributed by atoms with Crippen molar-refractivity contribution in [3.63, 3.8) is 0 Å². The smallest absolute Gasteiger partial charge is 0.376 e. The van der Waals surface area contributed by atoms with E-state index in [2.05, 4.69) is 4.74 Å². The SMILES string of the molecule is CCCC(C(=O)C(=O)OCC)N1C(=O)C=CC1=O. The first-order valence-corrected chi connectivity index (χ1v) is 5.79. The number of carbonyl (C=O) groups excluding carboxylic acids is 4. The Morgan fingerprint density at radius 3 is 2.22 bits per heavy atom. The van der Waals surface area contributed by atoms with Gasteiger partial charge in [0.2, 0.25) is 0 Å². The number of imide groups is 1. The Balaban J connectivity index is 2.89. The normalized spacial score (nSPS) is 16.0. The first-order chi connectivity index (χ1) is 8.52. The molecule has 1 aliphatic rings. The minimum Gasteiger partial charge on any atom is -0.460 e. The molecule has 0 bridgehead atoms. The van der Waals surface area contributed by atoms with Crippen LogP contribution >= 0.6 is 0 Å². The van der Waals surface area contributed by atoms with Gasteiger partial charge in [0.15, 0.2) is 0 Å². The van der Waals surface area contributed by atoms with E-state index < -0.39 is 29.6 Å². The van der Waals surface area contributed by atoms with Crippen molar-refractivity contribution in [3.8, 4) is 0 Å². The molecule has 0 aromatic carbocycles. The van der Waals surface area contributed by atoms with Gasteiger partial charge in [0.25, 0.3) is 17.6 Å². The molecule has 1 atom stereocenters. The van der Waals surface area contributed by atoms with E-state index in [1.807, 2.05) is 0 Å². The second kappa shape index (κ2) is 6.09. The van der Waals surface area contributed by atoms with Crippen molar-refractivity contribution in [1.82, 2.24) is 4.90 Å². The van der Waals surface area contributed by atoms with Crippen molar-refractivity contribution in [2.24, 2.45) is 0 Å². The van der Waals surface area contributed by atoms with Gasteiger partial charge in [-0.2, -0.15) is 0 Å². The molecule has 1 unspecified atom stereocenters. The van der Waals surface area contributed by atoms with Crippen molar-refractivity contribution in [2.45, 2.75) is 32.7 Å². The standard InChI is InChI=1S/C12H15NO5/c1-3-5-8(11(16)12(17)18-4-2)13-9(14)6-7-10(13)15/h6-8H,3-5H2,1-2H3. The molecule has 1 aliphatic heterocycles. The van der Waals surface area contributed by atoms with Crippen LogP contribution in [-0.4, -0.2) is 41.1 Å². The summed E-state index contributed by atoms with van der Waals surface area (Å²) in [6, 6.07) is -1.07. The quantitative estimate of drug-likeness (QED) is 0.384. The van der Waals surface area contributed by atoms with Gasteiger partial charge in [-0.15, -0.1) is 0 Å². The van der Waals surface area contributed by atoms with Crippen LogP contribution in [0.1, 0.15) is 26.7 Å². The molecule has 1 heterocycles. The summed E-state index contributed by atoms with van der Waals surface area (Å²) in [6.07, 6.45) is 2.98. The number of hydrogen-bond acceptors (Lipinski definition) is 5. The van der Waals surface area contributed by atoms with Gasteiger partial charge in [-0.1, -0.05) is 13.3 Å². The summed E-state index contributed by atoms with van der Waals surface area (Å²) in [6.45, 7) is 3.45. The number of ketones is 1. The summed E-state index contributed by atoms with van der Waals surface area (Å²) in [5.41, 5.74) is 0. The zero-order valence-electron chi connectivity index (χ0n) is 10.3. The number of carbonyl (C=O) groups is 4. The third-order valence-electron chi connectivity index (χ3n) is 2.50. The maximum atomic E-state index is 11.9. The van der Waals surface area contributed by atoms with Crippen LogP contribution in [-0.2, 0) is 23.9 Å². The summed E-state index contributed by atoms with van der Waals surface area (Å²) in [4.78, 5) is 47.0. The van der Waals surface area contributed by atoms with Crippen molar-refractivity contribution >= 4 is 23.6 Å². The molecule has 0 saturated heterocycles. The minimum atomic E-state index is -1.07. The zero-order chi connectivity index (χ0) is 13.7. The van der Waals surface area contributed by atoms with E-state index in [1.54, 1.807) is 13.8 Å². The monoisotopic (exact) mass is 253 g/mol. The number of ether oxygens (including phenoxy) is 1. The first-order valence-electron chi connectivity index (χ1n) is 5.79. The van der Waals surface area contributed by atoms with E-state index in [0.717, 1.165) is 17.1 Å². The Morgan fingerprint density at radius 2 is 1.78 bits per heavy atom. The molecule has 6 heteroatoms. The summed E-state index contributed by atoms with van der Waals surface area (Å²) < 4.78 is 4.60. The highest BCUT2D eigenvalue weighted by Gasteiger charge is 2.38. The van der Waals surface area contributed by atoms with E-state index >= 15 is 0 Å². The molecule has 0 N–H and O–H groups in total. The molecular weight excluding hydrogens is 238 g/mol. The lowest BCUT2D eigenvalue weighted by atomic mass is 10.1. The lowest BCUT2D eigenvalue weighted by Crippen LogP contribution is -2.47. The number of hydrogen-bond donors (Lipinski definition) is 0. The van der Waals surface area contributed by atoms with Gasteiger partial charge in [-0.05, 0) is 13.3 Å². The predicted octanol–water partition coefficient (Wildman–Crippen LogP) is 0.212. The maximum Gasteiger partial charge on any atom is 0.376 e. The molecule has 0 aliphatic carbocycles. The fourth-order valence-corrected chi connectivity index (χ4v) is 1.71. The van der Waals surface area contributed by atoms with E-state index in [0.29, 0.717) is 6.42 Å². The third kappa shape index (κ3) is 2.82. The van der Waals surface area contributed by atoms with Crippen molar-refractivity contribution in [3.05, 3.63) is 12.2 Å². The van der Waals surface area contributed by atoms with Crippen LogP contribution in [0.15, 0.2) is 12.2 Å². The Bertz CT molecular complexity index is 395. The second-order valence-electron chi connectivity index (χ2n) is 3.77. The molecule has 18 heavy (non-hydrogen) atoms. The largest absolute Gasteiger partial charge is 0.460 e. The van der Waals surface area contributed by atoms with E-state index in [-0.39, 0.29) is 13.0 Å². The van der Waals surface area contributed by atoms with Crippen LogP contribution in [0, 0.1) is 0 Å². The molecule has 0 saturated carbocycles. The van der Waals surface area contributed by atoms with Gasteiger partial charge in [-0.25, -0.2) is 4.79 Å². The van der Waals surface area contributed by atoms with Crippen LogP contribution in [0.2, 0.25) is 0 Å². The van der Waals surface area contributed by atoms with Gasteiger partial charge < -0.3 is 4.74 Å². The molecule has 0 radical (unpaired) electrons. The predicted molar refractivity (Wildman–Crippen MR) is 61.3 cm³/mol. The molecular formula is C12H15NO5. The number of rotatable bonds is 6. The van der Waals surface area contributed by atoms with Gasteiger partial charge in [0.05, 0.1) is 6.61 Å². The lowest BCUT2D eigenvalue weighted by Gasteiger charge is -2.23. The van der Waals surface area contributed by atoms with Crippen LogP contribution in [0.5, 0.6) is 0 Å². The minimum absolute atomic E-state index is 0.0730. The number of amides is 2.